The van der Waals surface area contributed by atoms with Crippen LogP contribution in [0.2, 0.25) is 5.02 Å². The molecule has 0 fully saturated rings. The maximum absolute atomic E-state index is 5.89. The number of hydrogen-bond donors (Lipinski definition) is 1. The fraction of sp³-hybridized carbons (Fsp3) is 0.333. The number of fused-ring (bicyclic) bond motifs is 1. The van der Waals surface area contributed by atoms with Gasteiger partial charge in [-0.15, -0.1) is 11.8 Å². The lowest BCUT2D eigenvalue weighted by atomic mass is 10.1. The van der Waals surface area contributed by atoms with E-state index in [1.165, 1.54) is 4.90 Å². The van der Waals surface area contributed by atoms with Crippen LogP contribution in [0.3, 0.4) is 0 Å². The topological polar surface area (TPSA) is 39.7 Å². The van der Waals surface area contributed by atoms with Crippen molar-refractivity contribution in [2.24, 2.45) is 0 Å². The molecule has 0 unspecified atom stereocenters. The third kappa shape index (κ3) is 4.50. The van der Waals surface area contributed by atoms with Crippen molar-refractivity contribution in [1.82, 2.24) is 5.32 Å². The molecule has 0 radical (unpaired) electrons. The molecule has 0 amide bonds. The SMILES string of the molecule is COc1cc(CNCCSc2ccc(Cl)cc2)cc2c1OCCO2. The van der Waals surface area contributed by atoms with Crippen molar-refractivity contribution < 1.29 is 14.2 Å². The zero-order valence-corrected chi connectivity index (χ0v) is 15.1. The van der Waals surface area contributed by atoms with Crippen LogP contribution in [-0.2, 0) is 6.54 Å². The van der Waals surface area contributed by atoms with E-state index in [0.29, 0.717) is 19.0 Å². The van der Waals surface area contributed by atoms with E-state index < -0.39 is 0 Å². The minimum absolute atomic E-state index is 0.558. The Bertz CT molecular complexity index is 661. The fourth-order valence-electron chi connectivity index (χ4n) is 2.43. The van der Waals surface area contributed by atoms with Crippen LogP contribution in [0.4, 0.5) is 0 Å². The molecule has 0 spiro atoms. The minimum Gasteiger partial charge on any atom is -0.493 e. The lowest BCUT2D eigenvalue weighted by molar-refractivity contribution is 0.165. The van der Waals surface area contributed by atoms with Crippen LogP contribution >= 0.6 is 23.4 Å². The van der Waals surface area contributed by atoms with Gasteiger partial charge in [0.1, 0.15) is 13.2 Å². The second kappa shape index (κ2) is 8.51. The number of ether oxygens (including phenoxy) is 3. The average molecular weight is 366 g/mol. The van der Waals surface area contributed by atoms with Gasteiger partial charge in [0.2, 0.25) is 5.75 Å². The van der Waals surface area contributed by atoms with E-state index in [1.807, 2.05) is 36.4 Å². The molecule has 1 heterocycles. The van der Waals surface area contributed by atoms with Crippen LogP contribution in [0.5, 0.6) is 17.2 Å². The van der Waals surface area contributed by atoms with Crippen molar-refractivity contribution in [2.75, 3.05) is 32.6 Å². The van der Waals surface area contributed by atoms with Gasteiger partial charge in [-0.05, 0) is 42.0 Å². The molecule has 128 valence electrons. The summed E-state index contributed by atoms with van der Waals surface area (Å²) in [4.78, 5) is 1.22. The maximum atomic E-state index is 5.89. The Balaban J connectivity index is 1.49. The first-order valence-electron chi connectivity index (χ1n) is 7.82. The van der Waals surface area contributed by atoms with Crippen LogP contribution in [0.15, 0.2) is 41.3 Å². The van der Waals surface area contributed by atoms with Crippen molar-refractivity contribution in [1.29, 1.82) is 0 Å². The summed E-state index contributed by atoms with van der Waals surface area (Å²) in [6.07, 6.45) is 0. The number of methoxy groups -OCH3 is 1. The number of halogens is 1. The van der Waals surface area contributed by atoms with Gasteiger partial charge in [-0.3, -0.25) is 0 Å². The highest BCUT2D eigenvalue weighted by Crippen LogP contribution is 2.40. The Morgan fingerprint density at radius 1 is 1.17 bits per heavy atom. The van der Waals surface area contributed by atoms with Crippen molar-refractivity contribution in [3.63, 3.8) is 0 Å². The van der Waals surface area contributed by atoms with E-state index in [1.54, 1.807) is 18.9 Å². The number of hydrogen-bond acceptors (Lipinski definition) is 5. The molecule has 4 nitrogen and oxygen atoms in total. The molecule has 2 aromatic carbocycles. The molecular formula is C18H20ClNO3S. The van der Waals surface area contributed by atoms with E-state index in [9.17, 15) is 0 Å². The summed E-state index contributed by atoms with van der Waals surface area (Å²) in [6, 6.07) is 11.9. The third-order valence-electron chi connectivity index (χ3n) is 3.58. The molecule has 0 saturated carbocycles. The highest BCUT2D eigenvalue weighted by atomic mass is 35.5. The zero-order valence-electron chi connectivity index (χ0n) is 13.5. The Morgan fingerprint density at radius 2 is 1.96 bits per heavy atom. The Morgan fingerprint density at radius 3 is 2.75 bits per heavy atom. The van der Waals surface area contributed by atoms with Crippen molar-refractivity contribution in [3.05, 3.63) is 47.0 Å². The number of rotatable bonds is 7. The van der Waals surface area contributed by atoms with E-state index in [0.717, 1.165) is 40.9 Å². The van der Waals surface area contributed by atoms with Gasteiger partial charge in [-0.25, -0.2) is 0 Å². The molecule has 0 bridgehead atoms. The van der Waals surface area contributed by atoms with Gasteiger partial charge in [-0.2, -0.15) is 0 Å². The van der Waals surface area contributed by atoms with E-state index in [2.05, 4.69) is 5.32 Å². The molecule has 1 N–H and O–H groups in total. The summed E-state index contributed by atoms with van der Waals surface area (Å²) in [5.41, 5.74) is 1.12. The van der Waals surface area contributed by atoms with Crippen molar-refractivity contribution >= 4 is 23.4 Å². The molecule has 0 aliphatic carbocycles. The van der Waals surface area contributed by atoms with Crippen LogP contribution in [0, 0.1) is 0 Å². The molecule has 2 aromatic rings. The smallest absolute Gasteiger partial charge is 0.203 e. The van der Waals surface area contributed by atoms with Gasteiger partial charge in [0.15, 0.2) is 11.5 Å². The first-order chi connectivity index (χ1) is 11.8. The predicted octanol–water partition coefficient (Wildman–Crippen LogP) is 4.00. The van der Waals surface area contributed by atoms with Gasteiger partial charge >= 0.3 is 0 Å². The monoisotopic (exact) mass is 365 g/mol. The number of nitrogens with one attached hydrogen (secondary N) is 1. The van der Waals surface area contributed by atoms with Gasteiger partial charge < -0.3 is 19.5 Å². The van der Waals surface area contributed by atoms with E-state index in [-0.39, 0.29) is 0 Å². The van der Waals surface area contributed by atoms with Crippen LogP contribution in [0.1, 0.15) is 5.56 Å². The summed E-state index contributed by atoms with van der Waals surface area (Å²) in [6.45, 7) is 2.80. The molecule has 6 heteroatoms. The fourth-order valence-corrected chi connectivity index (χ4v) is 3.37. The summed E-state index contributed by atoms with van der Waals surface area (Å²) in [7, 11) is 1.65. The highest BCUT2D eigenvalue weighted by molar-refractivity contribution is 7.99. The molecule has 3 rings (SSSR count). The van der Waals surface area contributed by atoms with E-state index in [4.69, 9.17) is 25.8 Å². The predicted molar refractivity (Wildman–Crippen MR) is 97.9 cm³/mol. The summed E-state index contributed by atoms with van der Waals surface area (Å²) >= 11 is 7.69. The number of thioether (sulfide) groups is 1. The third-order valence-corrected chi connectivity index (χ3v) is 4.84. The Hall–Kier alpha value is -1.56. The molecular weight excluding hydrogens is 346 g/mol. The second-order valence-electron chi connectivity index (χ2n) is 5.30. The van der Waals surface area contributed by atoms with Crippen LogP contribution in [-0.4, -0.2) is 32.6 Å². The Kier molecular flexibility index (Phi) is 6.12. The summed E-state index contributed by atoms with van der Waals surface area (Å²) < 4.78 is 16.7. The molecule has 1 aliphatic heterocycles. The van der Waals surface area contributed by atoms with E-state index >= 15 is 0 Å². The Labute approximate surface area is 151 Å². The largest absolute Gasteiger partial charge is 0.493 e. The zero-order chi connectivity index (χ0) is 16.8. The molecule has 0 aromatic heterocycles. The molecule has 0 saturated heterocycles. The maximum Gasteiger partial charge on any atom is 0.203 e. The highest BCUT2D eigenvalue weighted by Gasteiger charge is 2.18. The lowest BCUT2D eigenvalue weighted by Gasteiger charge is -2.21. The van der Waals surface area contributed by atoms with Crippen molar-refractivity contribution in [3.8, 4) is 17.2 Å². The quantitative estimate of drug-likeness (QED) is 0.593. The molecule has 1 aliphatic rings. The standard InChI is InChI=1S/C18H20ClNO3S/c1-21-16-10-13(11-17-18(16)23-8-7-22-17)12-20-6-9-24-15-4-2-14(19)3-5-15/h2-5,10-11,20H,6-9,12H2,1H3. The summed E-state index contributed by atoms with van der Waals surface area (Å²) in [5.74, 6) is 3.17. The molecule has 0 atom stereocenters. The second-order valence-corrected chi connectivity index (χ2v) is 6.91. The van der Waals surface area contributed by atoms with Gasteiger partial charge in [0, 0.05) is 28.8 Å². The average Bonchev–Trinajstić information content (AvgIpc) is 2.62. The van der Waals surface area contributed by atoms with Gasteiger partial charge in [0.05, 0.1) is 7.11 Å². The lowest BCUT2D eigenvalue weighted by Crippen LogP contribution is -2.19. The number of benzene rings is 2. The van der Waals surface area contributed by atoms with Crippen molar-refractivity contribution in [2.45, 2.75) is 11.4 Å². The van der Waals surface area contributed by atoms with Crippen LogP contribution < -0.4 is 19.5 Å². The first kappa shape index (κ1) is 17.3. The summed E-state index contributed by atoms with van der Waals surface area (Å²) in [5, 5.41) is 4.21. The van der Waals surface area contributed by atoms with Gasteiger partial charge in [-0.1, -0.05) is 11.6 Å². The first-order valence-corrected chi connectivity index (χ1v) is 9.18. The van der Waals surface area contributed by atoms with Crippen LogP contribution in [0.25, 0.3) is 0 Å². The minimum atomic E-state index is 0.558. The molecule has 24 heavy (non-hydrogen) atoms. The van der Waals surface area contributed by atoms with Gasteiger partial charge in [0.25, 0.3) is 0 Å². The normalized spacial score (nSPS) is 12.9.